The van der Waals surface area contributed by atoms with Gasteiger partial charge in [-0.1, -0.05) is 17.7 Å². The molecule has 0 fully saturated rings. The smallest absolute Gasteiger partial charge is 0.164 e. The monoisotopic (exact) mass is 419 g/mol. The number of allylic oxidation sites excluding steroid dienone is 1. The molecule has 3 heteroatoms. The molecule has 0 N–H and O–H groups in total. The standard InChI is InChI=1S/C15H18N2.Ir/c1-12(2)15(17-10-9-16(4)11-17)14-8-6-5-7-13(14)3;/h5-11H,3H2,1-2,4H3;. The Morgan fingerprint density at radius 3 is 2.33 bits per heavy atom. The van der Waals surface area contributed by atoms with Gasteiger partial charge in [0.15, 0.2) is 6.33 Å². The number of hydrogen-bond donors (Lipinski definition) is 0. The molecule has 0 unspecified atom stereocenters. The zero-order chi connectivity index (χ0) is 12.4. The number of benzene rings is 1. The number of imidazole rings is 1. The van der Waals surface area contributed by atoms with Crippen molar-refractivity contribution < 1.29 is 20.1 Å². The van der Waals surface area contributed by atoms with Gasteiger partial charge >= 0.3 is 0 Å². The Bertz CT molecular complexity index is 563. The van der Waals surface area contributed by atoms with Crippen molar-refractivity contribution in [3.8, 4) is 0 Å². The number of nitrogens with zero attached hydrogens (tertiary/aromatic N) is 2. The summed E-state index contributed by atoms with van der Waals surface area (Å²) >= 11 is 0. The zero-order valence-corrected chi connectivity index (χ0v) is 13.4. The molecule has 18 heavy (non-hydrogen) atoms. The van der Waals surface area contributed by atoms with Crippen LogP contribution in [-0.4, -0.2) is 9.13 Å². The third kappa shape index (κ3) is 2.92. The quantitative estimate of drug-likeness (QED) is 0.660. The van der Waals surface area contributed by atoms with Crippen molar-refractivity contribution >= 4 is 5.70 Å². The van der Waals surface area contributed by atoms with Crippen molar-refractivity contribution in [3.63, 3.8) is 0 Å². The second-order valence-electron chi connectivity index (χ2n) is 4.49. The fraction of sp³-hybridized carbons (Fsp3) is 0.200. The van der Waals surface area contributed by atoms with E-state index in [0.717, 1.165) is 5.56 Å². The van der Waals surface area contributed by atoms with E-state index in [-0.39, 0.29) is 20.1 Å². The second kappa shape index (κ2) is 6.03. The first kappa shape index (κ1) is 14.7. The third-order valence-corrected chi connectivity index (χ3v) is 2.77. The largest absolute Gasteiger partial charge is 0.255 e. The number of aryl methyl sites for hydroxylation is 1. The van der Waals surface area contributed by atoms with Crippen LogP contribution in [0.25, 0.3) is 5.70 Å². The Morgan fingerprint density at radius 1 is 1.17 bits per heavy atom. The average molecular weight is 419 g/mol. The molecule has 0 saturated heterocycles. The minimum Gasteiger partial charge on any atom is -0.255 e. The van der Waals surface area contributed by atoms with Crippen LogP contribution in [0.3, 0.4) is 0 Å². The fourth-order valence-corrected chi connectivity index (χ4v) is 2.00. The van der Waals surface area contributed by atoms with Crippen molar-refractivity contribution in [2.24, 2.45) is 7.05 Å². The molecule has 1 aromatic carbocycles. The minimum atomic E-state index is 0. The Morgan fingerprint density at radius 2 is 1.83 bits per heavy atom. The van der Waals surface area contributed by atoms with Crippen molar-refractivity contribution in [3.05, 3.63) is 66.6 Å². The summed E-state index contributed by atoms with van der Waals surface area (Å²) in [5, 5.41) is 0. The molecule has 0 bridgehead atoms. The van der Waals surface area contributed by atoms with Crippen LogP contribution in [0.4, 0.5) is 0 Å². The Labute approximate surface area is 122 Å². The average Bonchev–Trinajstić information content (AvgIpc) is 2.68. The SMILES string of the molecule is [CH2-]c1ccccc1C(=C(C)C)n1ccn(C)[cH+]1.[Ir]. The molecule has 0 saturated carbocycles. The molecule has 2 aromatic rings. The van der Waals surface area contributed by atoms with Crippen molar-refractivity contribution in [1.82, 2.24) is 9.13 Å². The molecule has 1 aromatic heterocycles. The normalized spacial score (nSPS) is 9.72. The minimum absolute atomic E-state index is 0. The van der Waals surface area contributed by atoms with E-state index in [1.807, 2.05) is 29.9 Å². The van der Waals surface area contributed by atoms with E-state index < -0.39 is 0 Å². The molecule has 2 nitrogen and oxygen atoms in total. The molecule has 0 atom stereocenters. The van der Waals surface area contributed by atoms with Crippen LogP contribution in [0.5, 0.6) is 0 Å². The van der Waals surface area contributed by atoms with Gasteiger partial charge in [0.1, 0.15) is 12.4 Å². The van der Waals surface area contributed by atoms with Gasteiger partial charge in [-0.15, -0.1) is 6.07 Å². The van der Waals surface area contributed by atoms with Gasteiger partial charge in [-0.2, -0.15) is 23.1 Å². The third-order valence-electron chi connectivity index (χ3n) is 2.77. The van der Waals surface area contributed by atoms with E-state index >= 15 is 0 Å². The summed E-state index contributed by atoms with van der Waals surface area (Å²) < 4.78 is 4.17. The first-order chi connectivity index (χ1) is 8.09. The first-order valence-electron chi connectivity index (χ1n) is 5.72. The van der Waals surface area contributed by atoms with Gasteiger partial charge in [0.2, 0.25) is 0 Å². The maximum Gasteiger partial charge on any atom is 0.164 e. The molecule has 1 heterocycles. The zero-order valence-electron chi connectivity index (χ0n) is 11.0. The van der Waals surface area contributed by atoms with Crippen LogP contribution in [0.1, 0.15) is 25.0 Å². The Hall–Kier alpha value is -1.31. The molecule has 0 aliphatic rings. The second-order valence-corrected chi connectivity index (χ2v) is 4.49. The van der Waals surface area contributed by atoms with Gasteiger partial charge in [0, 0.05) is 27.2 Å². The van der Waals surface area contributed by atoms with E-state index in [2.05, 4.69) is 50.0 Å². The molecule has 0 aliphatic carbocycles. The van der Waals surface area contributed by atoms with Crippen LogP contribution in [0.15, 0.2) is 48.6 Å². The molecule has 0 spiro atoms. The van der Waals surface area contributed by atoms with E-state index in [1.54, 1.807) is 0 Å². The van der Waals surface area contributed by atoms with Crippen molar-refractivity contribution in [1.29, 1.82) is 0 Å². The summed E-state index contributed by atoms with van der Waals surface area (Å²) in [5.41, 5.74) is 4.72. The maximum absolute atomic E-state index is 4.10. The summed E-state index contributed by atoms with van der Waals surface area (Å²) in [6.45, 7) is 8.36. The first-order valence-corrected chi connectivity index (χ1v) is 5.72. The molecule has 2 rings (SSSR count). The summed E-state index contributed by atoms with van der Waals surface area (Å²) in [7, 11) is 2.02. The van der Waals surface area contributed by atoms with Gasteiger partial charge in [-0.25, -0.2) is 0 Å². The van der Waals surface area contributed by atoms with E-state index in [0.29, 0.717) is 0 Å². The molecule has 1 radical (unpaired) electrons. The molecule has 0 aliphatic heterocycles. The topological polar surface area (TPSA) is 9.86 Å². The Kier molecular flexibility index (Phi) is 4.94. The van der Waals surface area contributed by atoms with Crippen LogP contribution in [0.2, 0.25) is 0 Å². The van der Waals surface area contributed by atoms with E-state index in [1.165, 1.54) is 16.8 Å². The van der Waals surface area contributed by atoms with Gasteiger partial charge in [-0.3, -0.25) is 4.57 Å². The van der Waals surface area contributed by atoms with Gasteiger partial charge in [0.05, 0.1) is 5.70 Å². The Balaban J connectivity index is 0.00000162. The molecular weight excluding hydrogens is 400 g/mol. The molecule has 0 amide bonds. The van der Waals surface area contributed by atoms with Crippen molar-refractivity contribution in [2.75, 3.05) is 0 Å². The van der Waals surface area contributed by atoms with Crippen LogP contribution in [-0.2, 0) is 27.2 Å². The summed E-state index contributed by atoms with van der Waals surface area (Å²) in [6, 6.07) is 8.23. The summed E-state index contributed by atoms with van der Waals surface area (Å²) in [5.74, 6) is 0. The fourth-order valence-electron chi connectivity index (χ4n) is 2.00. The van der Waals surface area contributed by atoms with Crippen LogP contribution >= 0.6 is 0 Å². The summed E-state index contributed by atoms with van der Waals surface area (Å²) in [4.78, 5) is 0. The van der Waals surface area contributed by atoms with Gasteiger partial charge in [-0.05, 0) is 19.4 Å². The van der Waals surface area contributed by atoms with Crippen molar-refractivity contribution in [2.45, 2.75) is 13.8 Å². The van der Waals surface area contributed by atoms with E-state index in [4.69, 9.17) is 0 Å². The maximum atomic E-state index is 4.10. The van der Waals surface area contributed by atoms with Crippen LogP contribution in [0, 0.1) is 6.92 Å². The number of rotatable bonds is 2. The summed E-state index contributed by atoms with van der Waals surface area (Å²) in [6.07, 6.45) is 6.16. The molecule has 97 valence electrons. The number of aromatic nitrogens is 2. The number of hydrogen-bond acceptors (Lipinski definition) is 0. The van der Waals surface area contributed by atoms with Crippen LogP contribution < -0.4 is 0 Å². The van der Waals surface area contributed by atoms with Gasteiger partial charge in [0.25, 0.3) is 0 Å². The van der Waals surface area contributed by atoms with Gasteiger partial charge < -0.3 is 0 Å². The predicted molar refractivity (Wildman–Crippen MR) is 72.4 cm³/mol. The predicted octanol–water partition coefficient (Wildman–Crippen LogP) is 3.59. The van der Waals surface area contributed by atoms with E-state index in [9.17, 15) is 0 Å². The molecular formula is C15H18IrN2.